The van der Waals surface area contributed by atoms with Gasteiger partial charge in [0.25, 0.3) is 0 Å². The Morgan fingerprint density at radius 2 is 2.04 bits per heavy atom. The number of fused-ring (bicyclic) bond motifs is 1. The summed E-state index contributed by atoms with van der Waals surface area (Å²) in [4.78, 5) is 2.04. The van der Waals surface area contributed by atoms with Gasteiger partial charge in [0.15, 0.2) is 12.4 Å². The molecule has 2 aromatic heterocycles. The van der Waals surface area contributed by atoms with Crippen LogP contribution in [0.5, 0.6) is 0 Å². The lowest BCUT2D eigenvalue weighted by Gasteiger charge is -2.29. The Morgan fingerprint density at radius 1 is 1.23 bits per heavy atom. The average Bonchev–Trinajstić information content (AvgIpc) is 3.05. The highest BCUT2D eigenvalue weighted by Crippen LogP contribution is 2.18. The lowest BCUT2D eigenvalue weighted by molar-refractivity contribution is -0.670. The first-order valence-corrected chi connectivity index (χ1v) is 9.05. The molecule has 4 rings (SSSR count). The quantitative estimate of drug-likeness (QED) is 0.448. The lowest BCUT2D eigenvalue weighted by Crippen LogP contribution is -2.35. The monoisotopic (exact) mass is 352 g/mol. The summed E-state index contributed by atoms with van der Waals surface area (Å²) in [6.07, 6.45) is 9.18. The van der Waals surface area contributed by atoms with Gasteiger partial charge < -0.3 is 4.90 Å². The van der Waals surface area contributed by atoms with Crippen molar-refractivity contribution < 1.29 is 8.96 Å². The van der Waals surface area contributed by atoms with E-state index in [0.29, 0.717) is 23.5 Å². The van der Waals surface area contributed by atoms with Gasteiger partial charge in [-0.15, -0.1) is 0 Å². The molecule has 0 unspecified atom stereocenters. The predicted octanol–water partition coefficient (Wildman–Crippen LogP) is 2.86. The number of piperidine rings is 1. The van der Waals surface area contributed by atoms with Crippen molar-refractivity contribution in [3.63, 3.8) is 0 Å². The zero-order valence-electron chi connectivity index (χ0n) is 15.0. The van der Waals surface area contributed by atoms with E-state index in [1.165, 1.54) is 12.5 Å². The van der Waals surface area contributed by atoms with Crippen molar-refractivity contribution in [3.05, 3.63) is 59.8 Å². The van der Waals surface area contributed by atoms with Crippen molar-refractivity contribution in [3.8, 4) is 0 Å². The molecule has 1 N–H and O–H groups in total. The molecule has 5 nitrogen and oxygen atoms in total. The number of amidine groups is 1. The fraction of sp³-hybridized carbons (Fsp3) is 0.350. The molecule has 0 aliphatic carbocycles. The molecule has 0 bridgehead atoms. The molecular weight excluding hydrogens is 329 g/mol. The minimum Gasteiger partial charge on any atom is -0.357 e. The Labute approximate surface area is 152 Å². The molecule has 26 heavy (non-hydrogen) atoms. The second-order valence-corrected chi connectivity index (χ2v) is 6.96. The van der Waals surface area contributed by atoms with Crippen LogP contribution in [0.15, 0.2) is 42.9 Å². The first-order chi connectivity index (χ1) is 12.6. The molecule has 1 aromatic carbocycles. The van der Waals surface area contributed by atoms with Gasteiger partial charge >= 0.3 is 0 Å². The van der Waals surface area contributed by atoms with Crippen LogP contribution < -0.4 is 4.57 Å². The number of benzene rings is 1. The minimum atomic E-state index is -0.284. The van der Waals surface area contributed by atoms with Crippen molar-refractivity contribution in [2.45, 2.75) is 25.8 Å². The van der Waals surface area contributed by atoms with Crippen LogP contribution in [0.25, 0.3) is 10.9 Å². The van der Waals surface area contributed by atoms with Gasteiger partial charge in [-0.3, -0.25) is 10.1 Å². The molecule has 1 aliphatic rings. The predicted molar refractivity (Wildman–Crippen MR) is 98.7 cm³/mol. The number of nitrogens with one attached hydrogen (secondary N) is 1. The molecule has 0 spiro atoms. The molecule has 0 saturated carbocycles. The van der Waals surface area contributed by atoms with E-state index in [1.807, 2.05) is 45.7 Å². The third-order valence-electron chi connectivity index (χ3n) is 5.04. The fourth-order valence-electron chi connectivity index (χ4n) is 3.52. The number of aromatic nitrogens is 3. The third kappa shape index (κ3) is 3.19. The summed E-state index contributed by atoms with van der Waals surface area (Å²) in [6, 6.07) is 7.11. The third-order valence-corrected chi connectivity index (χ3v) is 5.04. The summed E-state index contributed by atoms with van der Waals surface area (Å²) in [5, 5.41) is 13.8. The molecule has 0 atom stereocenters. The Hall–Kier alpha value is -2.76. The Balaban J connectivity index is 1.57. The molecule has 3 aromatic rings. The molecule has 1 aliphatic heterocycles. The smallest absolute Gasteiger partial charge is 0.194 e. The number of hydrogen-bond donors (Lipinski definition) is 1. The van der Waals surface area contributed by atoms with Gasteiger partial charge in [-0.25, -0.2) is 8.96 Å². The number of halogens is 1. The van der Waals surface area contributed by atoms with Crippen LogP contribution in [-0.2, 0) is 13.6 Å². The van der Waals surface area contributed by atoms with Gasteiger partial charge in [0.1, 0.15) is 24.2 Å². The second-order valence-electron chi connectivity index (χ2n) is 6.96. The van der Waals surface area contributed by atoms with E-state index < -0.39 is 0 Å². The highest BCUT2D eigenvalue weighted by Gasteiger charge is 2.17. The SMILES string of the molecule is C[n+]1ccc2cnn(Cc3ccc(C(=N)N4CCCCC4)cc3F)c2c1. The normalized spacial score (nSPS) is 14.8. The summed E-state index contributed by atoms with van der Waals surface area (Å²) in [5.74, 6) is 0.139. The fourth-order valence-corrected chi connectivity index (χ4v) is 3.52. The molecule has 0 amide bonds. The largest absolute Gasteiger partial charge is 0.357 e. The Bertz CT molecular complexity index is 956. The van der Waals surface area contributed by atoms with Gasteiger partial charge in [0.2, 0.25) is 0 Å². The number of pyridine rings is 1. The van der Waals surface area contributed by atoms with Crippen molar-refractivity contribution in [2.75, 3.05) is 13.1 Å². The molecule has 1 saturated heterocycles. The second kappa shape index (κ2) is 6.86. The molecule has 3 heterocycles. The van der Waals surface area contributed by atoms with Gasteiger partial charge in [0, 0.05) is 35.7 Å². The standard InChI is InChI=1S/C20H23FN5/c1-24-10-7-16-12-23-26(19(16)14-24)13-17-6-5-15(11-18(17)21)20(22)25-8-3-2-4-9-25/h5-7,10-12,14,22H,2-4,8-9,13H2,1H3/q+1. The van der Waals surface area contributed by atoms with Crippen LogP contribution in [-0.4, -0.2) is 33.6 Å². The van der Waals surface area contributed by atoms with Crippen molar-refractivity contribution in [1.82, 2.24) is 14.7 Å². The maximum atomic E-state index is 14.7. The van der Waals surface area contributed by atoms with Crippen LogP contribution >= 0.6 is 0 Å². The first-order valence-electron chi connectivity index (χ1n) is 9.05. The topological polar surface area (TPSA) is 48.8 Å². The van der Waals surface area contributed by atoms with E-state index in [9.17, 15) is 4.39 Å². The summed E-state index contributed by atoms with van der Waals surface area (Å²) in [7, 11) is 1.96. The number of aryl methyl sites for hydroxylation is 1. The number of nitrogens with zero attached hydrogens (tertiary/aromatic N) is 4. The molecular formula is C20H23FN5+. The van der Waals surface area contributed by atoms with Crippen LogP contribution in [0, 0.1) is 11.2 Å². The van der Waals surface area contributed by atoms with Crippen molar-refractivity contribution >= 4 is 16.7 Å². The van der Waals surface area contributed by atoms with E-state index in [1.54, 1.807) is 12.3 Å². The van der Waals surface area contributed by atoms with E-state index in [2.05, 4.69) is 5.10 Å². The van der Waals surface area contributed by atoms with Crippen molar-refractivity contribution in [1.29, 1.82) is 5.41 Å². The summed E-state index contributed by atoms with van der Waals surface area (Å²) < 4.78 is 18.5. The highest BCUT2D eigenvalue weighted by molar-refractivity contribution is 5.96. The molecule has 1 fully saturated rings. The summed E-state index contributed by atoms with van der Waals surface area (Å²) >= 11 is 0. The highest BCUT2D eigenvalue weighted by atomic mass is 19.1. The van der Waals surface area contributed by atoms with E-state index in [0.717, 1.165) is 36.8 Å². The summed E-state index contributed by atoms with van der Waals surface area (Å²) in [5.41, 5.74) is 2.20. The average molecular weight is 352 g/mol. The first kappa shape index (κ1) is 16.7. The van der Waals surface area contributed by atoms with Crippen LogP contribution in [0.3, 0.4) is 0 Å². The van der Waals surface area contributed by atoms with E-state index in [4.69, 9.17) is 5.41 Å². The van der Waals surface area contributed by atoms with Gasteiger partial charge in [-0.1, -0.05) is 12.1 Å². The Morgan fingerprint density at radius 3 is 2.81 bits per heavy atom. The van der Waals surface area contributed by atoms with Crippen molar-refractivity contribution in [2.24, 2.45) is 7.05 Å². The van der Waals surface area contributed by atoms with Crippen LogP contribution in [0.2, 0.25) is 0 Å². The maximum Gasteiger partial charge on any atom is 0.194 e. The van der Waals surface area contributed by atoms with Crippen LogP contribution in [0.1, 0.15) is 30.4 Å². The number of rotatable bonds is 3. The lowest BCUT2D eigenvalue weighted by atomic mass is 10.1. The summed E-state index contributed by atoms with van der Waals surface area (Å²) in [6.45, 7) is 2.15. The van der Waals surface area contributed by atoms with Gasteiger partial charge in [-0.2, -0.15) is 5.10 Å². The number of hydrogen-bond acceptors (Lipinski definition) is 2. The molecule has 134 valence electrons. The number of likely N-dealkylation sites (tertiary alicyclic amines) is 1. The van der Waals surface area contributed by atoms with E-state index in [-0.39, 0.29) is 5.82 Å². The van der Waals surface area contributed by atoms with Gasteiger partial charge in [-0.05, 0) is 25.3 Å². The minimum absolute atomic E-state index is 0.284. The zero-order chi connectivity index (χ0) is 18.1. The van der Waals surface area contributed by atoms with E-state index >= 15 is 0 Å². The molecule has 6 heteroatoms. The zero-order valence-corrected chi connectivity index (χ0v) is 15.0. The van der Waals surface area contributed by atoms with Gasteiger partial charge in [0.05, 0.1) is 12.7 Å². The Kier molecular flexibility index (Phi) is 4.41. The van der Waals surface area contributed by atoms with Crippen LogP contribution in [0.4, 0.5) is 4.39 Å². The maximum absolute atomic E-state index is 14.7. The molecule has 0 radical (unpaired) electrons.